The minimum absolute atomic E-state index is 0.0932. The zero-order valence-electron chi connectivity index (χ0n) is 17.3. The molecule has 4 heterocycles. The topological polar surface area (TPSA) is 124 Å². The van der Waals surface area contributed by atoms with Crippen molar-refractivity contribution in [3.8, 4) is 17.1 Å². The molecule has 1 atom stereocenters. The lowest BCUT2D eigenvalue weighted by Gasteiger charge is -2.13. The van der Waals surface area contributed by atoms with Crippen LogP contribution in [0.1, 0.15) is 17.3 Å². The molecule has 0 fully saturated rings. The molecule has 166 valence electrons. The summed E-state index contributed by atoms with van der Waals surface area (Å²) in [5.41, 5.74) is 2.70. The molecule has 4 aromatic heterocycles. The molecule has 0 saturated heterocycles. The van der Waals surface area contributed by atoms with Crippen LogP contribution in [-0.4, -0.2) is 56.9 Å². The molecule has 1 unspecified atom stereocenters. The number of nitrogens with zero attached hydrogens (tertiary/aromatic N) is 5. The minimum Gasteiger partial charge on any atom is -0.357 e. The first-order chi connectivity index (χ1) is 15.3. The van der Waals surface area contributed by atoms with E-state index in [0.29, 0.717) is 11.7 Å². The third kappa shape index (κ3) is 5.03. The van der Waals surface area contributed by atoms with E-state index in [4.69, 9.17) is 0 Å². The first kappa shape index (κ1) is 21.7. The Bertz CT molecular complexity index is 1330. The van der Waals surface area contributed by atoms with Gasteiger partial charge in [-0.1, -0.05) is 0 Å². The van der Waals surface area contributed by atoms with Gasteiger partial charge in [-0.05, 0) is 31.2 Å². The molecule has 0 aliphatic heterocycles. The molecular formula is C20H21N7O3S2. The molecule has 2 N–H and O–H groups in total. The zero-order chi connectivity index (χ0) is 22.7. The Balaban J connectivity index is 1.33. The van der Waals surface area contributed by atoms with E-state index in [1.807, 2.05) is 36.7 Å². The molecular weight excluding hydrogens is 450 g/mol. The van der Waals surface area contributed by atoms with Crippen molar-refractivity contribution in [3.05, 3.63) is 66.2 Å². The SMILES string of the molecule is CC(CNC(=O)c1ccn(S(C)(=O)=O)c1)Nc1nc(-c2ccn(-c3ccncc3)n2)cs1. The lowest BCUT2D eigenvalue weighted by atomic mass is 10.3. The number of aromatic nitrogens is 5. The third-order valence-corrected chi connectivity index (χ3v) is 6.30. The highest BCUT2D eigenvalue weighted by Gasteiger charge is 2.14. The number of carbonyl (C=O) groups excluding carboxylic acids is 1. The normalized spacial score (nSPS) is 12.4. The van der Waals surface area contributed by atoms with Gasteiger partial charge < -0.3 is 10.6 Å². The third-order valence-electron chi connectivity index (χ3n) is 4.53. The quantitative estimate of drug-likeness (QED) is 0.404. The van der Waals surface area contributed by atoms with E-state index >= 15 is 0 Å². The van der Waals surface area contributed by atoms with Gasteiger partial charge in [0.25, 0.3) is 5.91 Å². The number of nitrogens with one attached hydrogen (secondary N) is 2. The monoisotopic (exact) mass is 471 g/mol. The second-order valence-electron chi connectivity index (χ2n) is 7.14. The van der Waals surface area contributed by atoms with Crippen molar-refractivity contribution in [1.29, 1.82) is 0 Å². The molecule has 0 bridgehead atoms. The number of anilines is 1. The maximum absolute atomic E-state index is 12.3. The van der Waals surface area contributed by atoms with Gasteiger partial charge in [0, 0.05) is 49.0 Å². The van der Waals surface area contributed by atoms with Crippen molar-refractivity contribution in [2.24, 2.45) is 0 Å². The summed E-state index contributed by atoms with van der Waals surface area (Å²) in [4.78, 5) is 20.9. The summed E-state index contributed by atoms with van der Waals surface area (Å²) in [5.74, 6) is -0.345. The zero-order valence-corrected chi connectivity index (χ0v) is 19.0. The van der Waals surface area contributed by atoms with E-state index < -0.39 is 10.0 Å². The van der Waals surface area contributed by atoms with Gasteiger partial charge in [0.05, 0.1) is 17.5 Å². The summed E-state index contributed by atoms with van der Waals surface area (Å²) in [5, 5.41) is 13.2. The van der Waals surface area contributed by atoms with Crippen molar-refractivity contribution in [3.63, 3.8) is 0 Å². The Morgan fingerprint density at radius 3 is 2.66 bits per heavy atom. The van der Waals surface area contributed by atoms with Gasteiger partial charge >= 0.3 is 0 Å². The fraction of sp³-hybridized carbons (Fsp3) is 0.200. The van der Waals surface area contributed by atoms with Gasteiger partial charge in [0.15, 0.2) is 5.13 Å². The van der Waals surface area contributed by atoms with Crippen LogP contribution in [-0.2, 0) is 10.0 Å². The molecule has 1 amide bonds. The highest BCUT2D eigenvalue weighted by molar-refractivity contribution is 7.89. The van der Waals surface area contributed by atoms with Gasteiger partial charge in [-0.25, -0.2) is 18.1 Å². The van der Waals surface area contributed by atoms with Gasteiger partial charge in [-0.2, -0.15) is 5.10 Å². The maximum atomic E-state index is 12.3. The van der Waals surface area contributed by atoms with Crippen LogP contribution in [0.3, 0.4) is 0 Å². The van der Waals surface area contributed by atoms with Crippen LogP contribution in [0.4, 0.5) is 5.13 Å². The summed E-state index contributed by atoms with van der Waals surface area (Å²) in [6.07, 6.45) is 9.00. The number of thiazole rings is 1. The molecule has 0 aromatic carbocycles. The molecule has 0 aliphatic rings. The fourth-order valence-electron chi connectivity index (χ4n) is 2.89. The van der Waals surface area contributed by atoms with E-state index in [9.17, 15) is 13.2 Å². The number of rotatable bonds is 8. The molecule has 4 aromatic rings. The first-order valence-corrected chi connectivity index (χ1v) is 12.4. The van der Waals surface area contributed by atoms with Crippen LogP contribution in [0.15, 0.2) is 60.6 Å². The van der Waals surface area contributed by atoms with Crippen LogP contribution >= 0.6 is 11.3 Å². The average Bonchev–Trinajstić information content (AvgIpc) is 3.52. The van der Waals surface area contributed by atoms with Crippen molar-refractivity contribution < 1.29 is 13.2 Å². The van der Waals surface area contributed by atoms with Crippen molar-refractivity contribution in [2.45, 2.75) is 13.0 Å². The molecule has 0 spiro atoms. The van der Waals surface area contributed by atoms with Crippen LogP contribution < -0.4 is 10.6 Å². The average molecular weight is 472 g/mol. The Morgan fingerprint density at radius 1 is 1.16 bits per heavy atom. The number of hydrogen-bond donors (Lipinski definition) is 2. The Morgan fingerprint density at radius 2 is 1.94 bits per heavy atom. The van der Waals surface area contributed by atoms with E-state index in [2.05, 4.69) is 25.7 Å². The van der Waals surface area contributed by atoms with Crippen LogP contribution in [0.5, 0.6) is 0 Å². The van der Waals surface area contributed by atoms with Gasteiger partial charge in [-0.3, -0.25) is 13.8 Å². The molecule has 10 nitrogen and oxygen atoms in total. The van der Waals surface area contributed by atoms with Gasteiger partial charge in [-0.15, -0.1) is 11.3 Å². The summed E-state index contributed by atoms with van der Waals surface area (Å²) < 4.78 is 25.8. The Labute approximate surface area is 189 Å². The second kappa shape index (κ2) is 8.93. The largest absolute Gasteiger partial charge is 0.357 e. The molecule has 0 saturated carbocycles. The number of hydrogen-bond acceptors (Lipinski definition) is 8. The smallest absolute Gasteiger partial charge is 0.252 e. The standard InChI is InChI=1S/C20H21N7O3S2/c1-14(11-22-19(28)15-5-9-26(12-15)32(2,29)30)23-20-24-18(13-31-20)17-6-10-27(25-17)16-3-7-21-8-4-16/h3-10,12-14H,11H2,1-2H3,(H,22,28)(H,23,24). The summed E-state index contributed by atoms with van der Waals surface area (Å²) in [6.45, 7) is 2.26. The highest BCUT2D eigenvalue weighted by atomic mass is 32.2. The molecule has 12 heteroatoms. The first-order valence-electron chi connectivity index (χ1n) is 9.65. The van der Waals surface area contributed by atoms with Crippen molar-refractivity contribution in [1.82, 2.24) is 29.0 Å². The van der Waals surface area contributed by atoms with Gasteiger partial charge in [0.1, 0.15) is 11.4 Å². The van der Waals surface area contributed by atoms with Crippen LogP contribution in [0, 0.1) is 0 Å². The van der Waals surface area contributed by atoms with E-state index in [-0.39, 0.29) is 17.5 Å². The van der Waals surface area contributed by atoms with E-state index in [1.54, 1.807) is 17.1 Å². The molecule has 0 aliphatic carbocycles. The van der Waals surface area contributed by atoms with Crippen molar-refractivity contribution >= 4 is 32.4 Å². The minimum atomic E-state index is -3.41. The lowest BCUT2D eigenvalue weighted by Crippen LogP contribution is -2.34. The highest BCUT2D eigenvalue weighted by Crippen LogP contribution is 2.24. The fourth-order valence-corrected chi connectivity index (χ4v) is 4.29. The molecule has 0 radical (unpaired) electrons. The van der Waals surface area contributed by atoms with Crippen LogP contribution in [0.2, 0.25) is 0 Å². The maximum Gasteiger partial charge on any atom is 0.252 e. The number of carbonyl (C=O) groups is 1. The summed E-state index contributed by atoms with van der Waals surface area (Å²) in [7, 11) is -3.41. The predicted octanol–water partition coefficient (Wildman–Crippen LogP) is 2.23. The predicted molar refractivity (Wildman–Crippen MR) is 123 cm³/mol. The van der Waals surface area contributed by atoms with Crippen molar-refractivity contribution in [2.75, 3.05) is 18.1 Å². The summed E-state index contributed by atoms with van der Waals surface area (Å²) in [6, 6.07) is 7.01. The molecule has 4 rings (SSSR count). The number of amides is 1. The summed E-state index contributed by atoms with van der Waals surface area (Å²) >= 11 is 1.45. The number of pyridine rings is 1. The molecule has 32 heavy (non-hydrogen) atoms. The lowest BCUT2D eigenvalue weighted by molar-refractivity contribution is 0.0952. The van der Waals surface area contributed by atoms with E-state index in [1.165, 1.54) is 29.8 Å². The van der Waals surface area contributed by atoms with Crippen LogP contribution in [0.25, 0.3) is 17.1 Å². The Hall–Kier alpha value is -3.51. The van der Waals surface area contributed by atoms with E-state index in [0.717, 1.165) is 27.3 Å². The Kier molecular flexibility index (Phi) is 6.06. The second-order valence-corrected chi connectivity index (χ2v) is 9.88. The van der Waals surface area contributed by atoms with Gasteiger partial charge in [0.2, 0.25) is 10.0 Å².